The first kappa shape index (κ1) is 24.1. The Kier molecular flexibility index (Phi) is 7.18. The number of carbonyl (C=O) groups is 1. The number of carbonyl (C=O) groups excluding carboxylic acids is 1. The number of halogens is 1. The molecule has 32 heavy (non-hydrogen) atoms. The third kappa shape index (κ3) is 5.63. The zero-order valence-corrected chi connectivity index (χ0v) is 19.2. The van der Waals surface area contributed by atoms with E-state index < -0.39 is 31.8 Å². The van der Waals surface area contributed by atoms with Gasteiger partial charge in [0.15, 0.2) is 0 Å². The van der Waals surface area contributed by atoms with E-state index in [1.54, 1.807) is 6.07 Å². The number of rotatable bonds is 7. The fourth-order valence-corrected chi connectivity index (χ4v) is 5.52. The van der Waals surface area contributed by atoms with E-state index in [2.05, 4.69) is 5.32 Å². The highest BCUT2D eigenvalue weighted by Gasteiger charge is 2.29. The van der Waals surface area contributed by atoms with E-state index in [1.165, 1.54) is 22.5 Å². The van der Waals surface area contributed by atoms with Gasteiger partial charge in [0.1, 0.15) is 5.82 Å². The van der Waals surface area contributed by atoms with Gasteiger partial charge in [-0.25, -0.2) is 21.2 Å². The van der Waals surface area contributed by atoms with E-state index in [0.717, 1.165) is 18.4 Å². The molecule has 0 aliphatic carbocycles. The van der Waals surface area contributed by atoms with Crippen LogP contribution in [0, 0.1) is 5.82 Å². The van der Waals surface area contributed by atoms with Gasteiger partial charge in [-0.2, -0.15) is 4.31 Å². The molecule has 1 amide bonds. The molecule has 12 heteroatoms. The number of aryl methyl sites for hydroxylation is 1. The van der Waals surface area contributed by atoms with Gasteiger partial charge in [-0.1, -0.05) is 13.0 Å². The third-order valence-corrected chi connectivity index (χ3v) is 7.39. The number of hydrogen-bond acceptors (Lipinski definition) is 6. The Bertz CT molecular complexity index is 1230. The monoisotopic (exact) mass is 485 g/mol. The number of amides is 1. The van der Waals surface area contributed by atoms with Crippen molar-refractivity contribution < 1.29 is 30.8 Å². The maximum absolute atomic E-state index is 13.9. The van der Waals surface area contributed by atoms with Gasteiger partial charge in [0, 0.05) is 24.3 Å². The standard InChI is InChI=1S/C20H24FN3O6S2/c1-3-14-4-5-15(12-19(14)32(28,29)24-8-10-30-11-9-24)20(25)22-16-6-7-17(21)18(13-16)23-31(2,26)27/h4-7,12-13,23H,3,8-11H2,1-2H3,(H,22,25). The SMILES string of the molecule is CCc1ccc(C(=O)Nc2ccc(F)c(NS(C)(=O)=O)c2)cc1S(=O)(=O)N1CCOCC1. The first-order chi connectivity index (χ1) is 15.0. The summed E-state index contributed by atoms with van der Waals surface area (Å²) in [5, 5.41) is 2.54. The van der Waals surface area contributed by atoms with E-state index >= 15 is 0 Å². The first-order valence-electron chi connectivity index (χ1n) is 9.81. The topological polar surface area (TPSA) is 122 Å². The lowest BCUT2D eigenvalue weighted by molar-refractivity contribution is 0.0730. The minimum absolute atomic E-state index is 0.0492. The number of benzene rings is 2. The molecule has 2 aromatic rings. The number of nitrogens with zero attached hydrogens (tertiary/aromatic N) is 1. The van der Waals surface area contributed by atoms with Crippen molar-refractivity contribution in [3.63, 3.8) is 0 Å². The van der Waals surface area contributed by atoms with E-state index in [9.17, 15) is 26.0 Å². The lowest BCUT2D eigenvalue weighted by atomic mass is 10.1. The zero-order valence-electron chi connectivity index (χ0n) is 17.6. The molecule has 0 spiro atoms. The van der Waals surface area contributed by atoms with Crippen molar-refractivity contribution in [1.82, 2.24) is 4.31 Å². The molecule has 174 valence electrons. The Labute approximate surface area is 186 Å². The summed E-state index contributed by atoms with van der Waals surface area (Å²) in [6, 6.07) is 7.83. The van der Waals surface area contributed by atoms with Crippen molar-refractivity contribution in [1.29, 1.82) is 0 Å². The van der Waals surface area contributed by atoms with Crippen molar-refractivity contribution in [2.75, 3.05) is 42.6 Å². The summed E-state index contributed by atoms with van der Waals surface area (Å²) >= 11 is 0. The van der Waals surface area contributed by atoms with Crippen LogP contribution in [0.1, 0.15) is 22.8 Å². The van der Waals surface area contributed by atoms with Crippen molar-refractivity contribution in [2.24, 2.45) is 0 Å². The summed E-state index contributed by atoms with van der Waals surface area (Å²) in [6.45, 7) is 2.88. The van der Waals surface area contributed by atoms with Crippen molar-refractivity contribution in [2.45, 2.75) is 18.2 Å². The number of morpholine rings is 1. The number of sulfonamides is 2. The number of nitrogens with one attached hydrogen (secondary N) is 2. The molecule has 2 aromatic carbocycles. The van der Waals surface area contributed by atoms with Crippen molar-refractivity contribution in [3.8, 4) is 0 Å². The summed E-state index contributed by atoms with van der Waals surface area (Å²) in [6.07, 6.45) is 1.34. The van der Waals surface area contributed by atoms with Crippen LogP contribution in [0.25, 0.3) is 0 Å². The van der Waals surface area contributed by atoms with Gasteiger partial charge in [-0.05, 0) is 42.3 Å². The molecule has 0 aromatic heterocycles. The number of hydrogen-bond donors (Lipinski definition) is 2. The largest absolute Gasteiger partial charge is 0.379 e. The highest BCUT2D eigenvalue weighted by molar-refractivity contribution is 7.92. The molecule has 2 N–H and O–H groups in total. The number of anilines is 2. The molecular weight excluding hydrogens is 461 g/mol. The van der Waals surface area contributed by atoms with Gasteiger partial charge in [0.2, 0.25) is 20.0 Å². The number of ether oxygens (including phenoxy) is 1. The minimum atomic E-state index is -3.82. The fraction of sp³-hybridized carbons (Fsp3) is 0.350. The zero-order chi connectivity index (χ0) is 23.5. The predicted octanol–water partition coefficient (Wildman–Crippen LogP) is 2.03. The Hall–Kier alpha value is -2.54. The third-order valence-electron chi connectivity index (χ3n) is 4.82. The smallest absolute Gasteiger partial charge is 0.255 e. The van der Waals surface area contributed by atoms with Crippen LogP contribution in [0.15, 0.2) is 41.3 Å². The average Bonchev–Trinajstić information content (AvgIpc) is 2.75. The molecule has 0 saturated carbocycles. The molecule has 0 unspecified atom stereocenters. The molecule has 1 aliphatic rings. The Morgan fingerprint density at radius 1 is 1.09 bits per heavy atom. The summed E-state index contributed by atoms with van der Waals surface area (Å²) in [4.78, 5) is 12.8. The van der Waals surface area contributed by atoms with Crippen LogP contribution in [0.3, 0.4) is 0 Å². The van der Waals surface area contributed by atoms with Gasteiger partial charge in [0.05, 0.1) is 30.1 Å². The highest BCUT2D eigenvalue weighted by Crippen LogP contribution is 2.25. The van der Waals surface area contributed by atoms with Crippen LogP contribution in [0.2, 0.25) is 0 Å². The Morgan fingerprint density at radius 3 is 2.41 bits per heavy atom. The maximum atomic E-state index is 13.9. The van der Waals surface area contributed by atoms with Gasteiger partial charge in [-0.3, -0.25) is 9.52 Å². The van der Waals surface area contributed by atoms with E-state index in [4.69, 9.17) is 4.74 Å². The molecule has 1 fully saturated rings. The fourth-order valence-electron chi connectivity index (χ4n) is 3.24. The molecule has 0 bridgehead atoms. The van der Waals surface area contributed by atoms with Crippen LogP contribution >= 0.6 is 0 Å². The lowest BCUT2D eigenvalue weighted by Gasteiger charge is -2.27. The molecule has 0 atom stereocenters. The normalized spacial score (nSPS) is 15.3. The lowest BCUT2D eigenvalue weighted by Crippen LogP contribution is -2.41. The van der Waals surface area contributed by atoms with Crippen LogP contribution < -0.4 is 10.0 Å². The summed E-state index contributed by atoms with van der Waals surface area (Å²) in [5.74, 6) is -1.43. The average molecular weight is 486 g/mol. The van der Waals surface area contributed by atoms with Crippen LogP contribution in [-0.4, -0.2) is 59.6 Å². The summed E-state index contributed by atoms with van der Waals surface area (Å²) in [5.41, 5.74) is 0.493. The Balaban J connectivity index is 1.90. The molecule has 9 nitrogen and oxygen atoms in total. The van der Waals surface area contributed by atoms with Gasteiger partial charge in [-0.15, -0.1) is 0 Å². The van der Waals surface area contributed by atoms with Gasteiger partial charge >= 0.3 is 0 Å². The van der Waals surface area contributed by atoms with E-state index in [0.29, 0.717) is 25.2 Å². The second kappa shape index (κ2) is 9.53. The van der Waals surface area contributed by atoms with E-state index in [1.807, 2.05) is 11.6 Å². The van der Waals surface area contributed by atoms with Crippen molar-refractivity contribution in [3.05, 3.63) is 53.3 Å². The molecular formula is C20H24FN3O6S2. The Morgan fingerprint density at radius 2 is 1.78 bits per heavy atom. The van der Waals surface area contributed by atoms with Crippen LogP contribution in [0.4, 0.5) is 15.8 Å². The molecule has 3 rings (SSSR count). The van der Waals surface area contributed by atoms with Gasteiger partial charge < -0.3 is 10.1 Å². The maximum Gasteiger partial charge on any atom is 0.255 e. The molecule has 1 aliphatic heterocycles. The molecule has 1 heterocycles. The second-order valence-corrected chi connectivity index (χ2v) is 10.9. The second-order valence-electron chi connectivity index (χ2n) is 7.22. The molecule has 1 saturated heterocycles. The first-order valence-corrected chi connectivity index (χ1v) is 13.1. The molecule has 0 radical (unpaired) electrons. The summed E-state index contributed by atoms with van der Waals surface area (Å²) in [7, 11) is -7.54. The highest BCUT2D eigenvalue weighted by atomic mass is 32.2. The minimum Gasteiger partial charge on any atom is -0.379 e. The van der Waals surface area contributed by atoms with Crippen LogP contribution in [-0.2, 0) is 31.2 Å². The van der Waals surface area contributed by atoms with Crippen molar-refractivity contribution >= 4 is 37.3 Å². The van der Waals surface area contributed by atoms with Crippen LogP contribution in [0.5, 0.6) is 0 Å². The predicted molar refractivity (Wildman–Crippen MR) is 118 cm³/mol. The van der Waals surface area contributed by atoms with E-state index in [-0.39, 0.29) is 34.9 Å². The quantitative estimate of drug-likeness (QED) is 0.619. The van der Waals surface area contributed by atoms with Gasteiger partial charge in [0.25, 0.3) is 5.91 Å². The summed E-state index contributed by atoms with van der Waals surface area (Å²) < 4.78 is 71.6.